The van der Waals surface area contributed by atoms with E-state index in [-0.39, 0.29) is 11.2 Å². The van der Waals surface area contributed by atoms with Gasteiger partial charge in [-0.25, -0.2) is 0 Å². The second-order valence-corrected chi connectivity index (χ2v) is 8.10. The van der Waals surface area contributed by atoms with Gasteiger partial charge in [0.05, 0.1) is 15.9 Å². The number of amides is 1. The zero-order valence-corrected chi connectivity index (χ0v) is 16.0. The van der Waals surface area contributed by atoms with Gasteiger partial charge in [-0.3, -0.25) is 4.79 Å². The van der Waals surface area contributed by atoms with Crippen LogP contribution in [0, 0.1) is 6.92 Å². The molecule has 1 unspecified atom stereocenters. The number of nitrogens with one attached hydrogen (secondary N) is 1. The van der Waals surface area contributed by atoms with E-state index in [2.05, 4.69) is 15.5 Å². The highest BCUT2D eigenvalue weighted by Crippen LogP contribution is 2.25. The van der Waals surface area contributed by atoms with Crippen LogP contribution in [0.15, 0.2) is 40.2 Å². The van der Waals surface area contributed by atoms with Crippen LogP contribution >= 0.6 is 34.7 Å². The minimum absolute atomic E-state index is 0.0895. The summed E-state index contributed by atoms with van der Waals surface area (Å²) in [5.74, 6) is 1.47. The summed E-state index contributed by atoms with van der Waals surface area (Å²) < 4.78 is 5.25. The molecule has 0 aliphatic heterocycles. The van der Waals surface area contributed by atoms with E-state index in [0.29, 0.717) is 22.5 Å². The summed E-state index contributed by atoms with van der Waals surface area (Å²) in [7, 11) is 0. The van der Waals surface area contributed by atoms with Gasteiger partial charge in [-0.15, -0.1) is 23.1 Å². The molecule has 3 rings (SSSR count). The summed E-state index contributed by atoms with van der Waals surface area (Å²) in [5, 5.41) is 9.16. The molecule has 0 radical (unpaired) electrons. The molecule has 1 N–H and O–H groups in total. The molecule has 8 heteroatoms. The standard InChI is InChI=1S/C17H16ClN3O2S2/c1-10-5-6-12(18)8-13(10)19-17(22)11(2)25-9-15-20-16(21-23-15)14-4-3-7-24-14/h3-8,11H,9H2,1-2H3,(H,19,22). The Hall–Kier alpha value is -1.83. The normalized spacial score (nSPS) is 12.1. The van der Waals surface area contributed by atoms with E-state index in [9.17, 15) is 4.79 Å². The molecule has 1 atom stereocenters. The van der Waals surface area contributed by atoms with Gasteiger partial charge in [0.1, 0.15) is 0 Å². The fourth-order valence-corrected chi connectivity index (χ4v) is 3.60. The van der Waals surface area contributed by atoms with Crippen molar-refractivity contribution in [1.29, 1.82) is 0 Å². The van der Waals surface area contributed by atoms with Crippen LogP contribution in [0.25, 0.3) is 10.7 Å². The van der Waals surface area contributed by atoms with Gasteiger partial charge in [0, 0.05) is 10.7 Å². The van der Waals surface area contributed by atoms with Crippen molar-refractivity contribution in [3.63, 3.8) is 0 Å². The Morgan fingerprint density at radius 3 is 3.04 bits per heavy atom. The first-order valence-corrected chi connectivity index (χ1v) is 9.88. The number of hydrogen-bond acceptors (Lipinski definition) is 6. The lowest BCUT2D eigenvalue weighted by Gasteiger charge is -2.13. The first-order valence-electron chi connectivity index (χ1n) is 7.58. The quantitative estimate of drug-likeness (QED) is 0.636. The zero-order valence-electron chi connectivity index (χ0n) is 13.7. The summed E-state index contributed by atoms with van der Waals surface area (Å²) in [6, 6.07) is 9.30. The third kappa shape index (κ3) is 4.62. The molecule has 3 aromatic rings. The number of aromatic nitrogens is 2. The van der Waals surface area contributed by atoms with Gasteiger partial charge in [0.2, 0.25) is 17.6 Å². The molecule has 0 aliphatic rings. The Morgan fingerprint density at radius 1 is 1.44 bits per heavy atom. The highest BCUT2D eigenvalue weighted by Gasteiger charge is 2.17. The highest BCUT2D eigenvalue weighted by atomic mass is 35.5. The molecule has 2 aromatic heterocycles. The number of carbonyl (C=O) groups is 1. The van der Waals surface area contributed by atoms with E-state index in [1.165, 1.54) is 11.8 Å². The average molecular weight is 394 g/mol. The summed E-state index contributed by atoms with van der Waals surface area (Å²) in [6.45, 7) is 3.77. The molecule has 25 heavy (non-hydrogen) atoms. The second-order valence-electron chi connectivity index (χ2n) is 5.39. The number of carbonyl (C=O) groups excluding carboxylic acids is 1. The maximum absolute atomic E-state index is 12.3. The van der Waals surface area contributed by atoms with Crippen LogP contribution in [-0.2, 0) is 10.5 Å². The Kier molecular flexibility index (Phi) is 5.78. The molecule has 5 nitrogen and oxygen atoms in total. The van der Waals surface area contributed by atoms with Crippen molar-refractivity contribution in [1.82, 2.24) is 10.1 Å². The maximum Gasteiger partial charge on any atom is 0.237 e. The highest BCUT2D eigenvalue weighted by molar-refractivity contribution is 7.99. The predicted molar refractivity (Wildman–Crippen MR) is 103 cm³/mol. The van der Waals surface area contributed by atoms with E-state index in [4.69, 9.17) is 16.1 Å². The molecule has 0 saturated carbocycles. The number of nitrogens with zero attached hydrogens (tertiary/aromatic N) is 2. The lowest BCUT2D eigenvalue weighted by atomic mass is 10.2. The van der Waals surface area contributed by atoms with E-state index in [1.54, 1.807) is 23.5 Å². The van der Waals surface area contributed by atoms with E-state index in [1.807, 2.05) is 37.4 Å². The fourth-order valence-electron chi connectivity index (χ4n) is 2.05. The average Bonchev–Trinajstić information content (AvgIpc) is 3.26. The van der Waals surface area contributed by atoms with Crippen molar-refractivity contribution in [2.75, 3.05) is 5.32 Å². The van der Waals surface area contributed by atoms with Crippen molar-refractivity contribution in [2.24, 2.45) is 0 Å². The third-order valence-corrected chi connectivity index (χ3v) is 5.72. The molecule has 1 amide bonds. The Balaban J connectivity index is 1.56. The van der Waals surface area contributed by atoms with Gasteiger partial charge in [-0.2, -0.15) is 4.98 Å². The lowest BCUT2D eigenvalue weighted by molar-refractivity contribution is -0.115. The molecular formula is C17H16ClN3O2S2. The fraction of sp³-hybridized carbons (Fsp3) is 0.235. The number of rotatable bonds is 6. The van der Waals surface area contributed by atoms with Gasteiger partial charge < -0.3 is 9.84 Å². The second kappa shape index (κ2) is 8.03. The van der Waals surface area contributed by atoms with Crippen LogP contribution in [0.5, 0.6) is 0 Å². The van der Waals surface area contributed by atoms with Crippen molar-refractivity contribution < 1.29 is 9.32 Å². The number of halogens is 1. The minimum Gasteiger partial charge on any atom is -0.338 e. The number of benzene rings is 1. The number of aryl methyl sites for hydroxylation is 1. The van der Waals surface area contributed by atoms with Crippen molar-refractivity contribution in [3.05, 3.63) is 52.2 Å². The molecule has 0 aliphatic carbocycles. The van der Waals surface area contributed by atoms with Crippen molar-refractivity contribution in [2.45, 2.75) is 24.9 Å². The Bertz CT molecular complexity index is 865. The summed E-state index contributed by atoms with van der Waals surface area (Å²) >= 11 is 8.98. The van der Waals surface area contributed by atoms with E-state index < -0.39 is 0 Å². The molecule has 2 heterocycles. The molecule has 0 fully saturated rings. The third-order valence-electron chi connectivity index (χ3n) is 3.49. The number of anilines is 1. The molecule has 0 spiro atoms. The summed E-state index contributed by atoms with van der Waals surface area (Å²) in [6.07, 6.45) is 0. The number of thioether (sulfide) groups is 1. The van der Waals surface area contributed by atoms with Crippen LogP contribution in [0.2, 0.25) is 5.02 Å². The topological polar surface area (TPSA) is 68.0 Å². The smallest absolute Gasteiger partial charge is 0.237 e. The molecule has 130 valence electrons. The van der Waals surface area contributed by atoms with Crippen LogP contribution in [-0.4, -0.2) is 21.3 Å². The number of thiophene rings is 1. The zero-order chi connectivity index (χ0) is 17.8. The summed E-state index contributed by atoms with van der Waals surface area (Å²) in [5.41, 5.74) is 1.69. The number of hydrogen-bond donors (Lipinski definition) is 1. The van der Waals surface area contributed by atoms with Gasteiger partial charge in [-0.05, 0) is 43.0 Å². The first-order chi connectivity index (χ1) is 12.0. The lowest BCUT2D eigenvalue weighted by Crippen LogP contribution is -2.23. The Labute approximate surface area is 158 Å². The van der Waals surface area contributed by atoms with Crippen molar-refractivity contribution >= 4 is 46.3 Å². The van der Waals surface area contributed by atoms with Gasteiger partial charge in [0.25, 0.3) is 0 Å². The van der Waals surface area contributed by atoms with Crippen LogP contribution in [0.3, 0.4) is 0 Å². The molecule has 0 bridgehead atoms. The van der Waals surface area contributed by atoms with Gasteiger partial charge in [0.15, 0.2) is 0 Å². The van der Waals surface area contributed by atoms with Gasteiger partial charge in [-0.1, -0.05) is 28.9 Å². The minimum atomic E-state index is -0.268. The summed E-state index contributed by atoms with van der Waals surface area (Å²) in [4.78, 5) is 17.7. The molecule has 0 saturated heterocycles. The van der Waals surface area contributed by atoms with E-state index in [0.717, 1.165) is 16.1 Å². The van der Waals surface area contributed by atoms with Crippen molar-refractivity contribution in [3.8, 4) is 10.7 Å². The van der Waals surface area contributed by atoms with Crippen LogP contribution in [0.1, 0.15) is 18.4 Å². The Morgan fingerprint density at radius 2 is 2.28 bits per heavy atom. The van der Waals surface area contributed by atoms with Gasteiger partial charge >= 0.3 is 0 Å². The van der Waals surface area contributed by atoms with Crippen LogP contribution in [0.4, 0.5) is 5.69 Å². The molecule has 1 aromatic carbocycles. The van der Waals surface area contributed by atoms with E-state index >= 15 is 0 Å². The predicted octanol–water partition coefficient (Wildman–Crippen LogP) is 5.02. The molecular weight excluding hydrogens is 378 g/mol. The van der Waals surface area contributed by atoms with Crippen LogP contribution < -0.4 is 5.32 Å². The monoisotopic (exact) mass is 393 g/mol. The first kappa shape index (κ1) is 18.0. The SMILES string of the molecule is Cc1ccc(Cl)cc1NC(=O)C(C)SCc1nc(-c2cccs2)no1. The maximum atomic E-state index is 12.3. The largest absolute Gasteiger partial charge is 0.338 e.